The Morgan fingerprint density at radius 3 is 2.58 bits per heavy atom. The third-order valence-electron chi connectivity index (χ3n) is 7.41. The number of anilines is 2. The second kappa shape index (κ2) is 15.0. The van der Waals surface area contributed by atoms with E-state index in [4.69, 9.17) is 32.7 Å². The molecule has 0 bridgehead atoms. The lowest BCUT2D eigenvalue weighted by Crippen LogP contribution is -2.37. The average Bonchev–Trinajstić information content (AvgIpc) is 3.42. The number of aryl methyl sites for hydroxylation is 2. The number of ether oxygens (including phenoxy) is 2. The quantitative estimate of drug-likeness (QED) is 0.171. The zero-order chi connectivity index (χ0) is 34.4. The van der Waals surface area contributed by atoms with Gasteiger partial charge in [-0.25, -0.2) is 4.98 Å². The summed E-state index contributed by atoms with van der Waals surface area (Å²) in [7, 11) is 4.93. The molecule has 0 atom stereocenters. The van der Waals surface area contributed by atoms with Crippen LogP contribution in [0.5, 0.6) is 11.8 Å². The Hall–Kier alpha value is -5.46. The number of fused-ring (bicyclic) bond motifs is 1. The van der Waals surface area contributed by atoms with Crippen molar-refractivity contribution in [1.29, 1.82) is 0 Å². The molecule has 246 valence electrons. The van der Waals surface area contributed by atoms with Crippen LogP contribution in [0, 0.1) is 6.92 Å². The van der Waals surface area contributed by atoms with Crippen LogP contribution in [0.3, 0.4) is 0 Å². The maximum absolute atomic E-state index is 13.0. The molecule has 3 heterocycles. The van der Waals surface area contributed by atoms with Crippen molar-refractivity contribution in [1.82, 2.24) is 24.8 Å². The Bertz CT molecular complexity index is 2030. The Morgan fingerprint density at radius 1 is 1.04 bits per heavy atom. The van der Waals surface area contributed by atoms with E-state index in [2.05, 4.69) is 25.6 Å². The molecule has 48 heavy (non-hydrogen) atoms. The van der Waals surface area contributed by atoms with Crippen molar-refractivity contribution in [2.75, 3.05) is 30.9 Å². The number of methoxy groups -OCH3 is 1. The van der Waals surface area contributed by atoms with Crippen molar-refractivity contribution >= 4 is 69.5 Å². The van der Waals surface area contributed by atoms with Gasteiger partial charge in [0.1, 0.15) is 23.7 Å². The number of carbonyl (C=O) groups is 3. The molecule has 0 radical (unpaired) electrons. The average molecular weight is 689 g/mol. The number of hydrogen-bond donors (Lipinski definition) is 2. The van der Waals surface area contributed by atoms with E-state index in [1.807, 2.05) is 19.2 Å². The van der Waals surface area contributed by atoms with Crippen molar-refractivity contribution in [2.45, 2.75) is 13.5 Å². The molecule has 3 aromatic heterocycles. The summed E-state index contributed by atoms with van der Waals surface area (Å²) >= 11 is 13.2. The van der Waals surface area contributed by atoms with Gasteiger partial charge in [0.05, 0.1) is 35.4 Å². The number of para-hydroxylation sites is 1. The zero-order valence-corrected chi connectivity index (χ0v) is 28.0. The Kier molecular flexibility index (Phi) is 10.6. The molecule has 0 unspecified atom stereocenters. The fourth-order valence-electron chi connectivity index (χ4n) is 4.73. The Balaban J connectivity index is 1.16. The summed E-state index contributed by atoms with van der Waals surface area (Å²) in [6, 6.07) is 15.9. The van der Waals surface area contributed by atoms with E-state index < -0.39 is 11.8 Å². The van der Waals surface area contributed by atoms with E-state index in [9.17, 15) is 14.4 Å². The molecule has 0 fully saturated rings. The molecule has 2 aromatic carbocycles. The Morgan fingerprint density at radius 2 is 1.85 bits per heavy atom. The summed E-state index contributed by atoms with van der Waals surface area (Å²) in [5, 5.41) is 5.89. The molecular formula is C34H31Cl2N7O5. The van der Waals surface area contributed by atoms with Gasteiger partial charge in [0.2, 0.25) is 11.8 Å². The van der Waals surface area contributed by atoms with Crippen LogP contribution in [-0.4, -0.2) is 57.9 Å². The third kappa shape index (κ3) is 7.56. The van der Waals surface area contributed by atoms with Gasteiger partial charge in [0, 0.05) is 48.8 Å². The van der Waals surface area contributed by atoms with Crippen LogP contribution < -0.4 is 25.0 Å². The molecule has 0 saturated carbocycles. The number of nitrogens with one attached hydrogen (secondary N) is 2. The van der Waals surface area contributed by atoms with Gasteiger partial charge in [-0.1, -0.05) is 29.3 Å². The molecule has 12 nitrogen and oxygen atoms in total. The number of likely N-dealkylation sites (N-methyl/N-ethyl adjacent to an activating group) is 1. The largest absolute Gasteiger partial charge is 0.486 e. The predicted molar refractivity (Wildman–Crippen MR) is 185 cm³/mol. The highest BCUT2D eigenvalue weighted by molar-refractivity contribution is 6.38. The number of benzene rings is 2. The number of imidazole rings is 1. The molecule has 3 amide bonds. The zero-order valence-electron chi connectivity index (χ0n) is 26.5. The van der Waals surface area contributed by atoms with Gasteiger partial charge in [-0.15, -0.1) is 0 Å². The Labute approximate surface area is 286 Å². The van der Waals surface area contributed by atoms with Crippen molar-refractivity contribution in [3.63, 3.8) is 0 Å². The fourth-order valence-corrected chi connectivity index (χ4v) is 5.33. The number of pyridine rings is 2. The number of rotatable bonds is 11. The number of hydrogen-bond acceptors (Lipinski definition) is 8. The van der Waals surface area contributed by atoms with Gasteiger partial charge < -0.3 is 25.0 Å². The number of aromatic nitrogens is 4. The first-order valence-electron chi connectivity index (χ1n) is 14.6. The lowest BCUT2D eigenvalue weighted by atomic mass is 10.2. The minimum Gasteiger partial charge on any atom is -0.486 e. The van der Waals surface area contributed by atoms with E-state index in [0.29, 0.717) is 56.2 Å². The molecule has 0 aliphatic rings. The van der Waals surface area contributed by atoms with Gasteiger partial charge in [-0.2, -0.15) is 4.98 Å². The monoisotopic (exact) mass is 687 g/mol. The highest BCUT2D eigenvalue weighted by atomic mass is 35.5. The molecule has 5 rings (SSSR count). The molecule has 0 spiro atoms. The van der Waals surface area contributed by atoms with Crippen LogP contribution in [-0.2, 0) is 23.2 Å². The summed E-state index contributed by atoms with van der Waals surface area (Å²) in [6.07, 6.45) is 5.94. The molecule has 14 heteroatoms. The van der Waals surface area contributed by atoms with Crippen LogP contribution in [0.25, 0.3) is 17.1 Å². The summed E-state index contributed by atoms with van der Waals surface area (Å²) < 4.78 is 13.2. The molecule has 0 saturated heterocycles. The second-order valence-corrected chi connectivity index (χ2v) is 11.3. The van der Waals surface area contributed by atoms with Crippen molar-refractivity contribution < 1.29 is 23.9 Å². The van der Waals surface area contributed by atoms with Gasteiger partial charge in [0.15, 0.2) is 0 Å². The molecule has 2 N–H and O–H groups in total. The first kappa shape index (κ1) is 33.9. The maximum Gasteiger partial charge on any atom is 0.296 e. The molecule has 0 aliphatic heterocycles. The smallest absolute Gasteiger partial charge is 0.296 e. The number of amides is 3. The number of nitrogens with zero attached hydrogens (tertiary/aromatic N) is 5. The minimum absolute atomic E-state index is 0.0133. The summed E-state index contributed by atoms with van der Waals surface area (Å²) in [5.41, 5.74) is 3.98. The lowest BCUT2D eigenvalue weighted by Gasteiger charge is -2.21. The SMILES string of the molecule is COc1nc2c(OCc3c(Cl)ccc(N(C)C(=O)CNC(=O)/C=C/c4ccc(NC(=O)c5cccnc5C)nc4)c3Cl)cccc2n1C. The molecule has 5 aromatic rings. The van der Waals surface area contributed by atoms with E-state index >= 15 is 0 Å². The van der Waals surface area contributed by atoms with E-state index in [-0.39, 0.29) is 24.1 Å². The third-order valence-corrected chi connectivity index (χ3v) is 8.19. The van der Waals surface area contributed by atoms with Crippen LogP contribution >= 0.6 is 23.2 Å². The first-order valence-corrected chi connectivity index (χ1v) is 15.3. The second-order valence-electron chi connectivity index (χ2n) is 10.5. The van der Waals surface area contributed by atoms with Crippen LogP contribution in [0.1, 0.15) is 27.2 Å². The van der Waals surface area contributed by atoms with Crippen LogP contribution in [0.4, 0.5) is 11.5 Å². The summed E-state index contributed by atoms with van der Waals surface area (Å²) in [6.45, 7) is 1.47. The first-order chi connectivity index (χ1) is 23.1. The highest BCUT2D eigenvalue weighted by Gasteiger charge is 2.20. The van der Waals surface area contributed by atoms with E-state index in [1.54, 1.807) is 74.3 Å². The van der Waals surface area contributed by atoms with E-state index in [0.717, 1.165) is 5.52 Å². The predicted octanol–water partition coefficient (Wildman–Crippen LogP) is 5.61. The van der Waals surface area contributed by atoms with Gasteiger partial charge in [-0.3, -0.25) is 23.9 Å². The lowest BCUT2D eigenvalue weighted by molar-refractivity contribution is -0.122. The molecular weight excluding hydrogens is 657 g/mol. The minimum atomic E-state index is -0.488. The van der Waals surface area contributed by atoms with Crippen LogP contribution in [0.2, 0.25) is 10.0 Å². The maximum atomic E-state index is 13.0. The number of halogens is 2. The fraction of sp³-hybridized carbons (Fsp3) is 0.176. The van der Waals surface area contributed by atoms with Gasteiger partial charge in [0.25, 0.3) is 11.9 Å². The van der Waals surface area contributed by atoms with Crippen molar-refractivity contribution in [3.05, 3.63) is 105 Å². The standard InChI is InChI=1S/C34H31Cl2N7O5/c1-20-22(7-6-16-37-20)33(46)40-28-14-10-21(17-38-28)11-15-29(44)39-18-30(45)42(2)25-13-12-24(35)23(31(25)36)19-48-27-9-5-8-26-32(27)41-34(47-4)43(26)3/h5-17H,18-19H2,1-4H3,(H,39,44)(H,38,40,46)/b15-11+. The van der Waals surface area contributed by atoms with Crippen molar-refractivity contribution in [2.24, 2.45) is 7.05 Å². The van der Waals surface area contributed by atoms with Crippen molar-refractivity contribution in [3.8, 4) is 11.8 Å². The van der Waals surface area contributed by atoms with Gasteiger partial charge >= 0.3 is 0 Å². The summed E-state index contributed by atoms with van der Waals surface area (Å²) in [5.74, 6) is -0.366. The molecule has 0 aliphatic carbocycles. The topological polar surface area (TPSA) is 141 Å². The number of carbonyl (C=O) groups excluding carboxylic acids is 3. The van der Waals surface area contributed by atoms with E-state index in [1.165, 1.54) is 23.2 Å². The van der Waals surface area contributed by atoms with Gasteiger partial charge in [-0.05, 0) is 67.1 Å². The summed E-state index contributed by atoms with van der Waals surface area (Å²) in [4.78, 5) is 52.1. The normalized spacial score (nSPS) is 11.0. The van der Waals surface area contributed by atoms with Crippen LogP contribution in [0.15, 0.2) is 73.1 Å². The highest BCUT2D eigenvalue weighted by Crippen LogP contribution is 2.36.